The second-order valence-corrected chi connectivity index (χ2v) is 7.04. The van der Waals surface area contributed by atoms with Crippen LogP contribution in [-0.4, -0.2) is 27.1 Å². The highest BCUT2D eigenvalue weighted by atomic mass is 32.2. The van der Waals surface area contributed by atoms with Crippen LogP contribution in [0.5, 0.6) is 0 Å². The van der Waals surface area contributed by atoms with Gasteiger partial charge in [-0.3, -0.25) is 9.79 Å². The average molecular weight is 345 g/mol. The molecular weight excluding hydrogens is 329 g/mol. The Bertz CT molecular complexity index is 894. The lowest BCUT2D eigenvalue weighted by Crippen LogP contribution is -2.28. The highest BCUT2D eigenvalue weighted by Gasteiger charge is 2.39. The minimum atomic E-state index is -0.432. The standard InChI is InChI=1S/C17H16FN3O2S/c1-8(22)7-24-17-20-14-10-3-2-9(18)6-12(10)13-11(15(14)21-17)4-5-19-16(13)23/h2-6,8,14-15,22H,7H2,1H3,(H,19,23)(H,20,21). The summed E-state index contributed by atoms with van der Waals surface area (Å²) in [4.78, 5) is 19.7. The number of thioether (sulfide) groups is 1. The minimum absolute atomic E-state index is 0.133. The Hall–Kier alpha value is -2.12. The summed E-state index contributed by atoms with van der Waals surface area (Å²) < 4.78 is 13.8. The zero-order valence-electron chi connectivity index (χ0n) is 12.9. The van der Waals surface area contributed by atoms with Gasteiger partial charge in [0, 0.05) is 11.9 Å². The van der Waals surface area contributed by atoms with Crippen molar-refractivity contribution in [3.63, 3.8) is 0 Å². The van der Waals surface area contributed by atoms with Gasteiger partial charge in [0.1, 0.15) is 11.9 Å². The molecule has 3 N–H and O–H groups in total. The van der Waals surface area contributed by atoms with Gasteiger partial charge >= 0.3 is 0 Å². The van der Waals surface area contributed by atoms with Crippen LogP contribution in [-0.2, 0) is 0 Å². The molecule has 2 aliphatic rings. The van der Waals surface area contributed by atoms with Crippen LogP contribution in [0.4, 0.5) is 4.39 Å². The van der Waals surface area contributed by atoms with E-state index in [0.717, 1.165) is 16.3 Å². The quantitative estimate of drug-likeness (QED) is 0.781. The van der Waals surface area contributed by atoms with Crippen LogP contribution in [0.2, 0.25) is 0 Å². The summed E-state index contributed by atoms with van der Waals surface area (Å²) >= 11 is 1.44. The molecule has 24 heavy (non-hydrogen) atoms. The van der Waals surface area contributed by atoms with Crippen molar-refractivity contribution in [2.24, 2.45) is 4.99 Å². The Morgan fingerprint density at radius 2 is 2.21 bits per heavy atom. The number of aromatic amines is 1. The van der Waals surface area contributed by atoms with Crippen LogP contribution < -0.4 is 10.9 Å². The van der Waals surface area contributed by atoms with Gasteiger partial charge in [0.2, 0.25) is 0 Å². The lowest BCUT2D eigenvalue weighted by atomic mass is 9.80. The molecule has 7 heteroatoms. The maximum absolute atomic E-state index is 13.8. The SMILES string of the molecule is CC(O)CSC1=NC2c3cc[nH]c(=O)c3-c3cc(F)ccc3C2N1. The van der Waals surface area contributed by atoms with Crippen molar-refractivity contribution in [2.75, 3.05) is 5.75 Å². The fourth-order valence-corrected chi connectivity index (χ4v) is 4.06. The van der Waals surface area contributed by atoms with E-state index >= 15 is 0 Å². The lowest BCUT2D eigenvalue weighted by Gasteiger charge is -2.28. The van der Waals surface area contributed by atoms with Gasteiger partial charge in [0.05, 0.1) is 17.7 Å². The highest BCUT2D eigenvalue weighted by Crippen LogP contribution is 2.47. The van der Waals surface area contributed by atoms with Gasteiger partial charge < -0.3 is 15.4 Å². The van der Waals surface area contributed by atoms with Gasteiger partial charge in [0.15, 0.2) is 5.17 Å². The predicted molar refractivity (Wildman–Crippen MR) is 92.6 cm³/mol. The van der Waals surface area contributed by atoms with Crippen molar-refractivity contribution in [3.05, 3.63) is 57.8 Å². The summed E-state index contributed by atoms with van der Waals surface area (Å²) in [7, 11) is 0. The van der Waals surface area contributed by atoms with E-state index < -0.39 is 6.10 Å². The van der Waals surface area contributed by atoms with Crippen molar-refractivity contribution in [2.45, 2.75) is 25.1 Å². The third-order valence-electron chi connectivity index (χ3n) is 4.24. The molecule has 124 valence electrons. The molecule has 3 atom stereocenters. The first-order valence-electron chi connectivity index (χ1n) is 7.71. The molecule has 0 fully saturated rings. The number of aromatic nitrogens is 1. The Morgan fingerprint density at radius 3 is 3.00 bits per heavy atom. The lowest BCUT2D eigenvalue weighted by molar-refractivity contribution is 0.220. The van der Waals surface area contributed by atoms with Crippen molar-refractivity contribution >= 4 is 16.9 Å². The summed E-state index contributed by atoms with van der Waals surface area (Å²) in [5.74, 6) is 0.160. The first-order chi connectivity index (χ1) is 11.5. The Balaban J connectivity index is 1.83. The number of pyridine rings is 1. The monoisotopic (exact) mass is 345 g/mol. The van der Waals surface area contributed by atoms with Crippen molar-refractivity contribution in [1.29, 1.82) is 0 Å². The van der Waals surface area contributed by atoms with Gasteiger partial charge in [-0.2, -0.15) is 0 Å². The van der Waals surface area contributed by atoms with Crippen LogP contribution in [0.1, 0.15) is 30.1 Å². The largest absolute Gasteiger partial charge is 0.393 e. The van der Waals surface area contributed by atoms with E-state index in [0.29, 0.717) is 16.9 Å². The number of amidine groups is 1. The highest BCUT2D eigenvalue weighted by molar-refractivity contribution is 8.13. The number of aliphatic imine (C=N–C) groups is 1. The fraction of sp³-hybridized carbons (Fsp3) is 0.294. The number of nitrogens with one attached hydrogen (secondary N) is 2. The van der Waals surface area contributed by atoms with Gasteiger partial charge in [0.25, 0.3) is 5.56 Å². The molecule has 0 saturated heterocycles. The van der Waals surface area contributed by atoms with E-state index in [-0.39, 0.29) is 23.5 Å². The summed E-state index contributed by atoms with van der Waals surface area (Å²) in [5.41, 5.74) is 2.51. The van der Waals surface area contributed by atoms with Crippen LogP contribution in [0.15, 0.2) is 40.2 Å². The molecule has 0 bridgehead atoms. The van der Waals surface area contributed by atoms with Gasteiger partial charge in [-0.05, 0) is 41.8 Å². The van der Waals surface area contributed by atoms with Gasteiger partial charge in [-0.15, -0.1) is 0 Å². The number of halogens is 1. The smallest absolute Gasteiger partial charge is 0.256 e. The predicted octanol–water partition coefficient (Wildman–Crippen LogP) is 2.35. The third-order valence-corrected chi connectivity index (χ3v) is 5.39. The first-order valence-corrected chi connectivity index (χ1v) is 8.70. The minimum Gasteiger partial charge on any atom is -0.393 e. The fourth-order valence-electron chi connectivity index (χ4n) is 3.26. The van der Waals surface area contributed by atoms with Gasteiger partial charge in [-0.25, -0.2) is 4.39 Å². The molecule has 0 saturated carbocycles. The van der Waals surface area contributed by atoms with Crippen LogP contribution >= 0.6 is 11.8 Å². The number of hydrogen-bond acceptors (Lipinski definition) is 5. The normalized spacial score (nSPS) is 22.0. The van der Waals surface area contributed by atoms with E-state index in [1.165, 1.54) is 23.9 Å². The van der Waals surface area contributed by atoms with Crippen molar-refractivity contribution in [3.8, 4) is 11.1 Å². The Kier molecular flexibility index (Phi) is 3.69. The Morgan fingerprint density at radius 1 is 1.38 bits per heavy atom. The number of rotatable bonds is 2. The number of fused-ring (bicyclic) bond motifs is 6. The van der Waals surface area contributed by atoms with Gasteiger partial charge in [-0.1, -0.05) is 17.8 Å². The van der Waals surface area contributed by atoms with E-state index in [2.05, 4.69) is 10.3 Å². The van der Waals surface area contributed by atoms with E-state index in [4.69, 9.17) is 4.99 Å². The average Bonchev–Trinajstić information content (AvgIpc) is 2.97. The molecule has 0 spiro atoms. The molecule has 1 aromatic heterocycles. The van der Waals surface area contributed by atoms with Crippen LogP contribution in [0.25, 0.3) is 11.1 Å². The molecule has 2 aromatic rings. The molecule has 4 rings (SSSR count). The summed E-state index contributed by atoms with van der Waals surface area (Å²) in [6, 6.07) is 5.99. The molecule has 1 aliphatic heterocycles. The van der Waals surface area contributed by atoms with E-state index in [9.17, 15) is 14.3 Å². The molecule has 2 heterocycles. The molecule has 1 aliphatic carbocycles. The molecular formula is C17H16FN3O2S. The number of H-pyrrole nitrogens is 1. The maximum atomic E-state index is 13.8. The van der Waals surface area contributed by atoms with Crippen LogP contribution in [0, 0.1) is 5.82 Å². The number of aliphatic hydroxyl groups is 1. The number of aliphatic hydroxyl groups excluding tert-OH is 1. The maximum Gasteiger partial charge on any atom is 0.256 e. The summed E-state index contributed by atoms with van der Waals surface area (Å²) in [6.45, 7) is 1.72. The molecule has 0 amide bonds. The van der Waals surface area contributed by atoms with E-state index in [1.54, 1.807) is 19.2 Å². The topological polar surface area (TPSA) is 77.5 Å². The molecule has 1 aromatic carbocycles. The number of hydrogen-bond donors (Lipinski definition) is 3. The number of nitrogens with zero attached hydrogens (tertiary/aromatic N) is 1. The zero-order valence-corrected chi connectivity index (χ0v) is 13.7. The first kappa shape index (κ1) is 15.4. The van der Waals surface area contributed by atoms with Crippen LogP contribution in [0.3, 0.4) is 0 Å². The molecule has 0 radical (unpaired) electrons. The zero-order chi connectivity index (χ0) is 16.8. The number of benzene rings is 1. The summed E-state index contributed by atoms with van der Waals surface area (Å²) in [6.07, 6.45) is 1.16. The summed E-state index contributed by atoms with van der Waals surface area (Å²) in [5, 5.41) is 13.5. The van der Waals surface area contributed by atoms with E-state index in [1.807, 2.05) is 6.07 Å². The Labute approximate surface area is 142 Å². The van der Waals surface area contributed by atoms with Crippen molar-refractivity contribution in [1.82, 2.24) is 10.3 Å². The molecule has 5 nitrogen and oxygen atoms in total. The van der Waals surface area contributed by atoms with Crippen molar-refractivity contribution < 1.29 is 9.50 Å². The second-order valence-electron chi connectivity index (χ2n) is 6.03. The second kappa shape index (κ2) is 5.75. The molecule has 3 unspecified atom stereocenters. The third kappa shape index (κ3) is 2.44.